The van der Waals surface area contributed by atoms with Crippen molar-refractivity contribution in [1.82, 2.24) is 0 Å². The van der Waals surface area contributed by atoms with E-state index in [-0.39, 0.29) is 5.54 Å². The van der Waals surface area contributed by atoms with Crippen molar-refractivity contribution in [3.63, 3.8) is 0 Å². The van der Waals surface area contributed by atoms with Gasteiger partial charge in [0.05, 0.1) is 18.8 Å². The van der Waals surface area contributed by atoms with Crippen molar-refractivity contribution in [3.05, 3.63) is 23.3 Å². The summed E-state index contributed by atoms with van der Waals surface area (Å²) < 4.78 is 11.2. The maximum absolute atomic E-state index is 5.96. The molecule has 1 heterocycles. The van der Waals surface area contributed by atoms with Gasteiger partial charge in [0.2, 0.25) is 0 Å². The fourth-order valence-electron chi connectivity index (χ4n) is 2.24. The predicted octanol–water partition coefficient (Wildman–Crippen LogP) is 2.44. The molecular weight excluding hydrogens is 228 g/mol. The van der Waals surface area contributed by atoms with Crippen LogP contribution in [0, 0.1) is 0 Å². The lowest BCUT2D eigenvalue weighted by Gasteiger charge is -2.19. The third kappa shape index (κ3) is 2.03. The molecule has 0 fully saturated rings. The Morgan fingerprint density at radius 3 is 2.22 bits per heavy atom. The molecule has 4 heteroatoms. The van der Waals surface area contributed by atoms with Gasteiger partial charge in [-0.2, -0.15) is 0 Å². The van der Waals surface area contributed by atoms with Gasteiger partial charge in [0.25, 0.3) is 0 Å². The molecule has 2 N–H and O–H groups in total. The zero-order chi connectivity index (χ0) is 13.3. The van der Waals surface area contributed by atoms with Crippen LogP contribution in [0.5, 0.6) is 11.5 Å². The Morgan fingerprint density at radius 1 is 1.11 bits per heavy atom. The van der Waals surface area contributed by atoms with Gasteiger partial charge in [-0.25, -0.2) is 0 Å². The summed E-state index contributed by atoms with van der Waals surface area (Å²) in [5.41, 5.74) is 7.71. The van der Waals surface area contributed by atoms with Crippen molar-refractivity contribution in [2.45, 2.75) is 33.2 Å². The van der Waals surface area contributed by atoms with Gasteiger partial charge in [-0.3, -0.25) is 4.99 Å². The van der Waals surface area contributed by atoms with Crippen molar-refractivity contribution in [2.75, 3.05) is 13.2 Å². The maximum atomic E-state index is 5.96. The first-order valence-electron chi connectivity index (χ1n) is 6.29. The minimum absolute atomic E-state index is 0.296. The summed E-state index contributed by atoms with van der Waals surface area (Å²) in [7, 11) is 0. The van der Waals surface area contributed by atoms with Gasteiger partial charge in [-0.1, -0.05) is 0 Å². The molecule has 0 spiro atoms. The minimum Gasteiger partial charge on any atom is -0.490 e. The molecule has 0 saturated carbocycles. The topological polar surface area (TPSA) is 56.8 Å². The number of amidine groups is 1. The molecule has 18 heavy (non-hydrogen) atoms. The van der Waals surface area contributed by atoms with Gasteiger partial charge >= 0.3 is 0 Å². The summed E-state index contributed by atoms with van der Waals surface area (Å²) in [4.78, 5) is 4.47. The molecule has 1 aliphatic heterocycles. The Morgan fingerprint density at radius 2 is 1.67 bits per heavy atom. The predicted molar refractivity (Wildman–Crippen MR) is 72.5 cm³/mol. The van der Waals surface area contributed by atoms with E-state index in [1.807, 2.05) is 39.8 Å². The molecule has 1 aliphatic rings. The zero-order valence-electron chi connectivity index (χ0n) is 11.4. The first-order chi connectivity index (χ1) is 8.49. The van der Waals surface area contributed by atoms with Crippen LogP contribution in [-0.2, 0) is 5.54 Å². The number of ether oxygens (including phenoxy) is 2. The lowest BCUT2D eigenvalue weighted by Crippen LogP contribution is -2.11. The largest absolute Gasteiger partial charge is 0.490 e. The fraction of sp³-hybridized carbons (Fsp3) is 0.500. The molecule has 0 saturated heterocycles. The maximum Gasteiger partial charge on any atom is 0.161 e. The van der Waals surface area contributed by atoms with Crippen LogP contribution in [0.1, 0.15) is 38.8 Å². The lowest BCUT2D eigenvalue weighted by atomic mass is 9.93. The summed E-state index contributed by atoms with van der Waals surface area (Å²) in [5.74, 6) is 2.06. The smallest absolute Gasteiger partial charge is 0.161 e. The van der Waals surface area contributed by atoms with E-state index in [2.05, 4.69) is 4.99 Å². The SMILES string of the molecule is CCOc1cc2c(cc1OCC)C(C)(C)N=C2N. The lowest BCUT2D eigenvalue weighted by molar-refractivity contribution is 0.287. The minimum atomic E-state index is -0.296. The summed E-state index contributed by atoms with van der Waals surface area (Å²) >= 11 is 0. The molecule has 4 nitrogen and oxygen atoms in total. The number of benzene rings is 1. The molecule has 0 amide bonds. The fourth-order valence-corrected chi connectivity index (χ4v) is 2.24. The van der Waals surface area contributed by atoms with E-state index in [4.69, 9.17) is 15.2 Å². The van der Waals surface area contributed by atoms with E-state index in [9.17, 15) is 0 Å². The Balaban J connectivity index is 2.53. The quantitative estimate of drug-likeness (QED) is 0.890. The van der Waals surface area contributed by atoms with Crippen LogP contribution in [0.15, 0.2) is 17.1 Å². The van der Waals surface area contributed by atoms with Crippen LogP contribution in [0.3, 0.4) is 0 Å². The first-order valence-corrected chi connectivity index (χ1v) is 6.29. The molecular formula is C14H20N2O2. The summed E-state index contributed by atoms with van der Waals surface area (Å²) in [6, 6.07) is 3.92. The Kier molecular flexibility index (Phi) is 3.20. The van der Waals surface area contributed by atoms with Crippen LogP contribution < -0.4 is 15.2 Å². The zero-order valence-corrected chi connectivity index (χ0v) is 11.4. The van der Waals surface area contributed by atoms with Crippen molar-refractivity contribution in [3.8, 4) is 11.5 Å². The molecule has 1 aromatic rings. The highest BCUT2D eigenvalue weighted by molar-refractivity contribution is 6.02. The van der Waals surface area contributed by atoms with Crippen LogP contribution in [0.2, 0.25) is 0 Å². The highest BCUT2D eigenvalue weighted by Gasteiger charge is 2.32. The Bertz CT molecular complexity index is 493. The monoisotopic (exact) mass is 248 g/mol. The molecule has 0 atom stereocenters. The van der Waals surface area contributed by atoms with Crippen LogP contribution in [0.25, 0.3) is 0 Å². The van der Waals surface area contributed by atoms with E-state index in [1.54, 1.807) is 0 Å². The summed E-state index contributed by atoms with van der Waals surface area (Å²) in [6.45, 7) is 9.20. The van der Waals surface area contributed by atoms with Crippen molar-refractivity contribution in [1.29, 1.82) is 0 Å². The number of hydrogen-bond donors (Lipinski definition) is 1. The molecule has 0 radical (unpaired) electrons. The van der Waals surface area contributed by atoms with Crippen molar-refractivity contribution >= 4 is 5.84 Å². The van der Waals surface area contributed by atoms with E-state index in [0.717, 1.165) is 22.6 Å². The molecule has 0 bridgehead atoms. The molecule has 98 valence electrons. The second-order valence-electron chi connectivity index (χ2n) is 4.77. The van der Waals surface area contributed by atoms with Gasteiger partial charge in [0.1, 0.15) is 5.84 Å². The van der Waals surface area contributed by atoms with Gasteiger partial charge < -0.3 is 15.2 Å². The third-order valence-corrected chi connectivity index (χ3v) is 3.02. The number of rotatable bonds is 4. The molecule has 0 aromatic heterocycles. The van der Waals surface area contributed by atoms with E-state index < -0.39 is 0 Å². The van der Waals surface area contributed by atoms with Gasteiger partial charge in [0, 0.05) is 5.56 Å². The third-order valence-electron chi connectivity index (χ3n) is 3.02. The second-order valence-corrected chi connectivity index (χ2v) is 4.77. The van der Waals surface area contributed by atoms with Crippen molar-refractivity contribution < 1.29 is 9.47 Å². The number of fused-ring (bicyclic) bond motifs is 1. The van der Waals surface area contributed by atoms with Crippen LogP contribution >= 0.6 is 0 Å². The van der Waals surface area contributed by atoms with E-state index in [1.165, 1.54) is 0 Å². The number of hydrogen-bond acceptors (Lipinski definition) is 4. The highest BCUT2D eigenvalue weighted by Crippen LogP contribution is 2.40. The van der Waals surface area contributed by atoms with E-state index >= 15 is 0 Å². The van der Waals surface area contributed by atoms with Crippen LogP contribution in [0.4, 0.5) is 0 Å². The highest BCUT2D eigenvalue weighted by atomic mass is 16.5. The Labute approximate surface area is 108 Å². The second kappa shape index (κ2) is 4.52. The normalized spacial score (nSPS) is 16.1. The number of aliphatic imine (C=N–C) groups is 1. The standard InChI is InChI=1S/C14H20N2O2/c1-5-17-11-7-9-10(8-12(11)18-6-2)14(3,4)16-13(9)15/h7-8H,5-6H2,1-4H3,(H2,15,16). The van der Waals surface area contributed by atoms with Crippen LogP contribution in [-0.4, -0.2) is 19.0 Å². The average molecular weight is 248 g/mol. The molecule has 0 aliphatic carbocycles. The molecule has 1 aromatic carbocycles. The summed E-state index contributed by atoms with van der Waals surface area (Å²) in [6.07, 6.45) is 0. The van der Waals surface area contributed by atoms with Gasteiger partial charge in [0.15, 0.2) is 11.5 Å². The summed E-state index contributed by atoms with van der Waals surface area (Å²) in [5, 5.41) is 0. The van der Waals surface area contributed by atoms with E-state index in [0.29, 0.717) is 19.0 Å². The molecule has 2 rings (SSSR count). The Hall–Kier alpha value is -1.71. The number of nitrogens with zero attached hydrogens (tertiary/aromatic N) is 1. The molecule has 0 unspecified atom stereocenters. The first kappa shape index (κ1) is 12.7. The average Bonchev–Trinajstić information content (AvgIpc) is 2.51. The van der Waals surface area contributed by atoms with Crippen molar-refractivity contribution in [2.24, 2.45) is 10.7 Å². The number of nitrogens with two attached hydrogens (primary N) is 1. The van der Waals surface area contributed by atoms with Gasteiger partial charge in [-0.15, -0.1) is 0 Å². The van der Waals surface area contributed by atoms with Gasteiger partial charge in [-0.05, 0) is 45.4 Å².